The van der Waals surface area contributed by atoms with Gasteiger partial charge in [-0.05, 0) is 31.3 Å². The Kier molecular flexibility index (Phi) is 2.04. The van der Waals surface area contributed by atoms with Gasteiger partial charge in [-0.1, -0.05) is 20.8 Å². The molecular weight excluding hydrogens is 122 g/mol. The molecule has 1 atom stereocenters. The molecular formula is C9H19N. The minimum atomic E-state index is 0.519. The van der Waals surface area contributed by atoms with E-state index in [9.17, 15) is 0 Å². The first-order valence-electron chi connectivity index (χ1n) is 4.18. The summed E-state index contributed by atoms with van der Waals surface area (Å²) in [6.07, 6.45) is 1.39. The van der Waals surface area contributed by atoms with Crippen LogP contribution in [0.25, 0.3) is 0 Å². The minimum Gasteiger partial charge on any atom is -0.306 e. The zero-order chi connectivity index (χ0) is 7.78. The second-order valence-electron chi connectivity index (χ2n) is 4.61. The third-order valence-corrected chi connectivity index (χ3v) is 2.62. The highest BCUT2D eigenvalue weighted by atomic mass is 15.1. The molecule has 0 aromatic heterocycles. The molecule has 1 aliphatic rings. The average Bonchev–Trinajstić information content (AvgIpc) is 2.11. The molecule has 1 fully saturated rings. The third kappa shape index (κ3) is 1.72. The maximum Gasteiger partial charge on any atom is 0.00121 e. The lowest BCUT2D eigenvalue weighted by Gasteiger charge is -2.26. The van der Waals surface area contributed by atoms with Crippen LogP contribution in [-0.4, -0.2) is 25.0 Å². The summed E-state index contributed by atoms with van der Waals surface area (Å²) in [5.41, 5.74) is 0.519. The van der Waals surface area contributed by atoms with Crippen LogP contribution in [0.15, 0.2) is 0 Å². The number of hydrogen-bond donors (Lipinski definition) is 0. The van der Waals surface area contributed by atoms with Crippen LogP contribution < -0.4 is 0 Å². The van der Waals surface area contributed by atoms with Gasteiger partial charge in [-0.15, -0.1) is 0 Å². The van der Waals surface area contributed by atoms with E-state index >= 15 is 0 Å². The van der Waals surface area contributed by atoms with Crippen LogP contribution in [0, 0.1) is 11.3 Å². The SMILES string of the molecule is CN1CCC(C(C)(C)C)C1. The van der Waals surface area contributed by atoms with Crippen molar-refractivity contribution >= 4 is 0 Å². The first-order valence-corrected chi connectivity index (χ1v) is 4.18. The Bertz CT molecular complexity index is 112. The smallest absolute Gasteiger partial charge is 0.00121 e. The summed E-state index contributed by atoms with van der Waals surface area (Å²) in [7, 11) is 2.21. The zero-order valence-electron chi connectivity index (χ0n) is 7.65. The van der Waals surface area contributed by atoms with E-state index in [0.717, 1.165) is 5.92 Å². The van der Waals surface area contributed by atoms with Gasteiger partial charge in [-0.2, -0.15) is 0 Å². The molecule has 1 heterocycles. The van der Waals surface area contributed by atoms with Crippen LogP contribution in [0.4, 0.5) is 0 Å². The first-order chi connectivity index (χ1) is 4.50. The molecule has 1 saturated heterocycles. The van der Waals surface area contributed by atoms with E-state index in [0.29, 0.717) is 5.41 Å². The van der Waals surface area contributed by atoms with Crippen molar-refractivity contribution < 1.29 is 0 Å². The van der Waals surface area contributed by atoms with E-state index in [2.05, 4.69) is 32.7 Å². The number of nitrogens with zero attached hydrogens (tertiary/aromatic N) is 1. The molecule has 0 aromatic rings. The van der Waals surface area contributed by atoms with Crippen molar-refractivity contribution in [3.8, 4) is 0 Å². The van der Waals surface area contributed by atoms with Gasteiger partial charge in [0.15, 0.2) is 0 Å². The quantitative estimate of drug-likeness (QED) is 0.498. The van der Waals surface area contributed by atoms with Crippen molar-refractivity contribution in [2.24, 2.45) is 11.3 Å². The maximum atomic E-state index is 2.43. The zero-order valence-corrected chi connectivity index (χ0v) is 7.65. The largest absolute Gasteiger partial charge is 0.306 e. The fraction of sp³-hybridized carbons (Fsp3) is 1.00. The van der Waals surface area contributed by atoms with Gasteiger partial charge in [-0.25, -0.2) is 0 Å². The van der Waals surface area contributed by atoms with Gasteiger partial charge >= 0.3 is 0 Å². The van der Waals surface area contributed by atoms with Crippen molar-refractivity contribution in [3.63, 3.8) is 0 Å². The Balaban J connectivity index is 2.45. The van der Waals surface area contributed by atoms with Gasteiger partial charge in [0.2, 0.25) is 0 Å². The van der Waals surface area contributed by atoms with Crippen LogP contribution in [0.1, 0.15) is 27.2 Å². The van der Waals surface area contributed by atoms with E-state index in [-0.39, 0.29) is 0 Å². The molecule has 0 N–H and O–H groups in total. The molecule has 1 aliphatic heterocycles. The predicted molar refractivity (Wildman–Crippen MR) is 45.1 cm³/mol. The standard InChI is InChI=1S/C9H19N/c1-9(2,3)8-5-6-10(4)7-8/h8H,5-7H2,1-4H3. The van der Waals surface area contributed by atoms with Crippen molar-refractivity contribution in [1.29, 1.82) is 0 Å². The fourth-order valence-corrected chi connectivity index (χ4v) is 1.64. The van der Waals surface area contributed by atoms with Crippen molar-refractivity contribution in [2.45, 2.75) is 27.2 Å². The molecule has 0 spiro atoms. The Morgan fingerprint density at radius 1 is 1.30 bits per heavy atom. The molecule has 1 heteroatoms. The monoisotopic (exact) mass is 141 g/mol. The molecule has 1 rings (SSSR count). The van der Waals surface area contributed by atoms with Crippen molar-refractivity contribution in [2.75, 3.05) is 20.1 Å². The summed E-state index contributed by atoms with van der Waals surface area (Å²) in [5, 5.41) is 0. The van der Waals surface area contributed by atoms with Gasteiger partial charge in [-0.3, -0.25) is 0 Å². The molecule has 0 amide bonds. The Labute approximate surface area is 64.4 Å². The number of hydrogen-bond acceptors (Lipinski definition) is 1. The lowest BCUT2D eigenvalue weighted by atomic mass is 9.80. The fourth-order valence-electron chi connectivity index (χ4n) is 1.64. The number of likely N-dealkylation sites (tertiary alicyclic amines) is 1. The maximum absolute atomic E-state index is 2.43. The van der Waals surface area contributed by atoms with Crippen LogP contribution in [-0.2, 0) is 0 Å². The van der Waals surface area contributed by atoms with E-state index < -0.39 is 0 Å². The van der Waals surface area contributed by atoms with Crippen LogP contribution in [0.3, 0.4) is 0 Å². The summed E-state index contributed by atoms with van der Waals surface area (Å²) in [5.74, 6) is 0.914. The van der Waals surface area contributed by atoms with Gasteiger partial charge in [0.1, 0.15) is 0 Å². The summed E-state index contributed by atoms with van der Waals surface area (Å²) in [4.78, 5) is 2.43. The highest BCUT2D eigenvalue weighted by Gasteiger charge is 2.29. The van der Waals surface area contributed by atoms with Crippen molar-refractivity contribution in [3.05, 3.63) is 0 Å². The molecule has 1 nitrogen and oxygen atoms in total. The second-order valence-corrected chi connectivity index (χ2v) is 4.61. The van der Waals surface area contributed by atoms with E-state index in [4.69, 9.17) is 0 Å². The molecule has 0 radical (unpaired) electrons. The Hall–Kier alpha value is -0.0400. The van der Waals surface area contributed by atoms with Gasteiger partial charge in [0, 0.05) is 6.54 Å². The summed E-state index contributed by atoms with van der Waals surface area (Å²) >= 11 is 0. The molecule has 10 heavy (non-hydrogen) atoms. The summed E-state index contributed by atoms with van der Waals surface area (Å²) in [6.45, 7) is 9.62. The number of rotatable bonds is 0. The predicted octanol–water partition coefficient (Wildman–Crippen LogP) is 1.98. The Morgan fingerprint density at radius 3 is 2.10 bits per heavy atom. The van der Waals surface area contributed by atoms with Gasteiger partial charge < -0.3 is 4.90 Å². The average molecular weight is 141 g/mol. The van der Waals surface area contributed by atoms with Crippen LogP contribution >= 0.6 is 0 Å². The van der Waals surface area contributed by atoms with E-state index in [1.165, 1.54) is 19.5 Å². The minimum absolute atomic E-state index is 0.519. The molecule has 60 valence electrons. The normalized spacial score (nSPS) is 29.4. The Morgan fingerprint density at radius 2 is 1.90 bits per heavy atom. The van der Waals surface area contributed by atoms with Crippen LogP contribution in [0.5, 0.6) is 0 Å². The molecule has 0 saturated carbocycles. The lowest BCUT2D eigenvalue weighted by molar-refractivity contribution is 0.241. The van der Waals surface area contributed by atoms with Gasteiger partial charge in [0.25, 0.3) is 0 Å². The van der Waals surface area contributed by atoms with Crippen LogP contribution in [0.2, 0.25) is 0 Å². The first kappa shape index (κ1) is 8.06. The van der Waals surface area contributed by atoms with E-state index in [1.54, 1.807) is 0 Å². The topological polar surface area (TPSA) is 3.24 Å². The van der Waals surface area contributed by atoms with Crippen molar-refractivity contribution in [1.82, 2.24) is 4.90 Å². The van der Waals surface area contributed by atoms with Gasteiger partial charge in [0.05, 0.1) is 0 Å². The summed E-state index contributed by atoms with van der Waals surface area (Å²) < 4.78 is 0. The van der Waals surface area contributed by atoms with E-state index in [1.807, 2.05) is 0 Å². The summed E-state index contributed by atoms with van der Waals surface area (Å²) in [6, 6.07) is 0. The molecule has 0 bridgehead atoms. The second kappa shape index (κ2) is 2.54. The molecule has 0 aliphatic carbocycles. The molecule has 1 unspecified atom stereocenters. The lowest BCUT2D eigenvalue weighted by Crippen LogP contribution is -2.23. The highest BCUT2D eigenvalue weighted by Crippen LogP contribution is 2.32. The molecule has 0 aromatic carbocycles. The third-order valence-electron chi connectivity index (χ3n) is 2.62. The highest BCUT2D eigenvalue weighted by molar-refractivity contribution is 4.81.